The molecule has 1 fully saturated rings. The van der Waals surface area contributed by atoms with Crippen LogP contribution in [-0.2, 0) is 21.6 Å². The first-order chi connectivity index (χ1) is 15.4. The van der Waals surface area contributed by atoms with E-state index in [0.29, 0.717) is 0 Å². The van der Waals surface area contributed by atoms with Gasteiger partial charge in [-0.25, -0.2) is 8.78 Å². The Bertz CT molecular complexity index is 1000. The summed E-state index contributed by atoms with van der Waals surface area (Å²) in [6.07, 6.45) is -9.14. The van der Waals surface area contributed by atoms with Gasteiger partial charge in [0.05, 0.1) is 13.7 Å². The number of benzene rings is 2. The molecule has 0 spiro atoms. The second kappa shape index (κ2) is 9.33. The van der Waals surface area contributed by atoms with Crippen LogP contribution in [0.15, 0.2) is 30.3 Å². The number of aliphatic hydroxyl groups is 4. The van der Waals surface area contributed by atoms with Gasteiger partial charge in [-0.15, -0.1) is 0 Å². The molecule has 31 heavy (non-hydrogen) atoms. The lowest BCUT2D eigenvalue weighted by Crippen LogP contribution is -2.64. The summed E-state index contributed by atoms with van der Waals surface area (Å²) in [5.74, 6) is -5.04. The van der Waals surface area contributed by atoms with E-state index < -0.39 is 66.1 Å². The van der Waals surface area contributed by atoms with Crippen LogP contribution in [0, 0.1) is 11.6 Å². The molecule has 0 radical (unpaired) electrons. The highest BCUT2D eigenvalue weighted by molar-refractivity contribution is 6.31. The van der Waals surface area contributed by atoms with E-state index >= 15 is 0 Å². The topological polar surface area (TPSA) is 109 Å². The van der Waals surface area contributed by atoms with E-state index in [1.165, 1.54) is 12.1 Å². The highest BCUT2D eigenvalue weighted by Gasteiger charge is 2.55. The van der Waals surface area contributed by atoms with Crippen LogP contribution < -0.4 is 4.74 Å². The largest absolute Gasteiger partial charge is 0.491 e. The molecule has 3 rings (SSSR count). The smallest absolute Gasteiger partial charge is 0.224 e. The fourth-order valence-corrected chi connectivity index (χ4v) is 3.65. The number of halogens is 3. The van der Waals surface area contributed by atoms with Crippen LogP contribution in [0.1, 0.15) is 19.4 Å². The molecule has 0 aromatic heterocycles. The van der Waals surface area contributed by atoms with Gasteiger partial charge in [-0.05, 0) is 41.8 Å². The lowest BCUT2D eigenvalue weighted by atomic mass is 9.87. The van der Waals surface area contributed by atoms with Crippen LogP contribution in [0.25, 0.3) is 0 Å². The second-order valence-corrected chi connectivity index (χ2v) is 7.34. The third kappa shape index (κ3) is 4.27. The maximum absolute atomic E-state index is 14.2. The van der Waals surface area contributed by atoms with Crippen molar-refractivity contribution in [2.24, 2.45) is 0 Å². The quantitative estimate of drug-likeness (QED) is 0.515. The molecule has 1 aliphatic rings. The van der Waals surface area contributed by atoms with Gasteiger partial charge in [0, 0.05) is 20.4 Å². The number of ether oxygens (including phenoxy) is 3. The third-order valence-electron chi connectivity index (χ3n) is 5.10. The van der Waals surface area contributed by atoms with E-state index in [1.54, 1.807) is 0 Å². The van der Waals surface area contributed by atoms with Crippen molar-refractivity contribution in [3.8, 4) is 5.75 Å². The van der Waals surface area contributed by atoms with Crippen LogP contribution in [0.3, 0.4) is 0 Å². The first-order valence-electron chi connectivity index (χ1n) is 10.2. The monoisotopic (exact) mass is 462 g/mol. The Morgan fingerprint density at radius 3 is 2.32 bits per heavy atom. The van der Waals surface area contributed by atoms with E-state index in [-0.39, 0.29) is 16.1 Å². The molecule has 0 bridgehead atoms. The third-order valence-corrected chi connectivity index (χ3v) is 5.43. The van der Waals surface area contributed by atoms with E-state index in [4.69, 9.17) is 23.8 Å². The molecular weight excluding hydrogens is 438 g/mol. The van der Waals surface area contributed by atoms with Crippen LogP contribution >= 0.6 is 11.6 Å². The van der Waals surface area contributed by atoms with E-state index in [9.17, 15) is 29.2 Å². The van der Waals surface area contributed by atoms with Gasteiger partial charge in [0.25, 0.3) is 0 Å². The van der Waals surface area contributed by atoms with Gasteiger partial charge in [0.15, 0.2) is 17.4 Å². The summed E-state index contributed by atoms with van der Waals surface area (Å²) in [5, 5.41) is 40.4. The van der Waals surface area contributed by atoms with Gasteiger partial charge < -0.3 is 34.6 Å². The van der Waals surface area contributed by atoms with Gasteiger partial charge in [0.2, 0.25) is 5.79 Å². The Labute approximate surface area is 185 Å². The Kier molecular flexibility index (Phi) is 6.33. The zero-order valence-electron chi connectivity index (χ0n) is 18.6. The summed E-state index contributed by atoms with van der Waals surface area (Å²) in [7, 11) is 2.21. The fraction of sp³-hybridized carbons (Fsp3) is 0.429. The highest BCUT2D eigenvalue weighted by atomic mass is 35.5. The number of hydrogen-bond acceptors (Lipinski definition) is 7. The number of methoxy groups -OCH3 is 2. The summed E-state index contributed by atoms with van der Waals surface area (Å²) < 4.78 is 61.1. The first kappa shape index (κ1) is 21.0. The van der Waals surface area contributed by atoms with Gasteiger partial charge in [-0.3, -0.25) is 0 Å². The Hall–Kier alpha value is -1.85. The van der Waals surface area contributed by atoms with Gasteiger partial charge >= 0.3 is 0 Å². The molecule has 170 valence electrons. The summed E-state index contributed by atoms with van der Waals surface area (Å²) >= 11 is 6.21. The van der Waals surface area contributed by atoms with E-state index in [1.807, 2.05) is 0 Å². The van der Waals surface area contributed by atoms with Gasteiger partial charge in [-0.2, -0.15) is 0 Å². The van der Waals surface area contributed by atoms with Crippen LogP contribution in [0.5, 0.6) is 5.75 Å². The minimum atomic E-state index is -2.54. The first-order valence-corrected chi connectivity index (χ1v) is 9.54. The molecular formula is C21H23ClF2O7. The van der Waals surface area contributed by atoms with E-state index in [2.05, 4.69) is 4.74 Å². The van der Waals surface area contributed by atoms with Crippen molar-refractivity contribution in [1.82, 2.24) is 0 Å². The maximum Gasteiger partial charge on any atom is 0.224 e. The molecule has 1 aliphatic heterocycles. The number of rotatable bonds is 6. The molecule has 5 atom stereocenters. The minimum Gasteiger partial charge on any atom is -0.491 e. The molecule has 0 saturated carbocycles. The molecule has 1 saturated heterocycles. The van der Waals surface area contributed by atoms with Crippen LogP contribution in [0.2, 0.25) is 5.02 Å². The van der Waals surface area contributed by atoms with Crippen LogP contribution in [-0.4, -0.2) is 65.7 Å². The fourth-order valence-electron chi connectivity index (χ4n) is 3.49. The molecule has 2 aromatic carbocycles. The number of hydrogen-bond donors (Lipinski definition) is 4. The molecule has 7 nitrogen and oxygen atoms in total. The van der Waals surface area contributed by atoms with Crippen molar-refractivity contribution in [1.29, 1.82) is 0 Å². The zero-order chi connectivity index (χ0) is 24.7. The van der Waals surface area contributed by atoms with Crippen molar-refractivity contribution in [2.45, 2.75) is 36.6 Å². The predicted molar refractivity (Wildman–Crippen MR) is 106 cm³/mol. The standard InChI is InChI=1S/C21H23ClF2O7/c1-29-19-14(23)6-10(7-15(19)24)5-11-8-12(3-4-13(11)22)21(30-2)20(28)18(27)17(26)16(9-25)31-21/h3-4,6-8,16-18,20,25-28H,5,9H2,1-2H3/t16-,17-,18+,20-,21+/m1/s1/i5D2. The van der Waals surface area contributed by atoms with Crippen molar-refractivity contribution in [2.75, 3.05) is 20.8 Å². The molecule has 10 heteroatoms. The van der Waals surface area contributed by atoms with E-state index in [0.717, 1.165) is 32.4 Å². The predicted octanol–water partition coefficient (Wildman–Crippen LogP) is 1.49. The lowest BCUT2D eigenvalue weighted by molar-refractivity contribution is -0.366. The van der Waals surface area contributed by atoms with Gasteiger partial charge in [0.1, 0.15) is 24.4 Å². The van der Waals surface area contributed by atoms with Crippen molar-refractivity contribution >= 4 is 11.6 Å². The molecule has 1 heterocycles. The van der Waals surface area contributed by atoms with Crippen molar-refractivity contribution in [3.05, 3.63) is 63.7 Å². The van der Waals surface area contributed by atoms with Gasteiger partial charge in [-0.1, -0.05) is 17.7 Å². The summed E-state index contributed by atoms with van der Waals surface area (Å²) in [5.41, 5.74) is -0.684. The average molecular weight is 463 g/mol. The SMILES string of the molecule is [2H]C([2H])(c1cc(F)c(OC)c(F)c1)c1cc([C@]2(OC)O[C@H](CO)[C@@H](O)[C@H](O)[C@H]2O)ccc1Cl. The average Bonchev–Trinajstić information content (AvgIpc) is 2.78. The number of aliphatic hydroxyl groups excluding tert-OH is 4. The Balaban J connectivity index is 2.15. The summed E-state index contributed by atoms with van der Waals surface area (Å²) in [4.78, 5) is 0. The molecule has 4 N–H and O–H groups in total. The highest BCUT2D eigenvalue weighted by Crippen LogP contribution is 2.40. The lowest BCUT2D eigenvalue weighted by Gasteiger charge is -2.47. The second-order valence-electron chi connectivity index (χ2n) is 6.93. The maximum atomic E-state index is 14.2. The normalized spacial score (nSPS) is 30.0. The Morgan fingerprint density at radius 2 is 1.77 bits per heavy atom. The van der Waals surface area contributed by atoms with Crippen LogP contribution in [0.4, 0.5) is 8.78 Å². The Morgan fingerprint density at radius 1 is 1.13 bits per heavy atom. The van der Waals surface area contributed by atoms with Crippen molar-refractivity contribution in [3.63, 3.8) is 0 Å². The molecule has 0 amide bonds. The summed E-state index contributed by atoms with van der Waals surface area (Å²) in [6, 6.07) is 5.26. The minimum absolute atomic E-state index is 0.0281. The van der Waals surface area contributed by atoms with Crippen molar-refractivity contribution < 1.29 is 46.2 Å². The zero-order valence-corrected chi connectivity index (χ0v) is 17.3. The molecule has 0 aliphatic carbocycles. The molecule has 2 aromatic rings. The summed E-state index contributed by atoms with van der Waals surface area (Å²) in [6.45, 7) is -0.721. The molecule has 0 unspecified atom stereocenters.